The molecule has 4 nitrogen and oxygen atoms in total. The van der Waals surface area contributed by atoms with Crippen LogP contribution in [0.2, 0.25) is 10.0 Å². The lowest BCUT2D eigenvalue weighted by Gasteiger charge is -2.16. The third kappa shape index (κ3) is 4.35. The average Bonchev–Trinajstić information content (AvgIpc) is 3.25. The maximum atomic E-state index is 11.2. The number of allylic oxidation sites excluding steroid dienone is 2. The lowest BCUT2D eigenvalue weighted by molar-refractivity contribution is -0.255. The van der Waals surface area contributed by atoms with Crippen LogP contribution < -0.4 is 9.84 Å². The SMILES string of the molecule is O=C([O-])c1cccc(C2=C(c3cc(Cl)c(Cl)cc3OCc3ccccc3)CCC2)n1. The van der Waals surface area contributed by atoms with Gasteiger partial charge in [-0.05, 0) is 54.2 Å². The summed E-state index contributed by atoms with van der Waals surface area (Å²) in [5, 5.41) is 12.1. The molecule has 2 aromatic carbocycles. The first-order valence-electron chi connectivity index (χ1n) is 9.60. The Hall–Kier alpha value is -2.82. The monoisotopic (exact) mass is 438 g/mol. The van der Waals surface area contributed by atoms with Gasteiger partial charge in [0.1, 0.15) is 12.4 Å². The van der Waals surface area contributed by atoms with Crippen molar-refractivity contribution in [3.05, 3.63) is 93.2 Å². The number of ether oxygens (including phenoxy) is 1. The van der Waals surface area contributed by atoms with Gasteiger partial charge >= 0.3 is 0 Å². The number of aromatic nitrogens is 1. The van der Waals surface area contributed by atoms with E-state index in [0.29, 0.717) is 28.1 Å². The second-order valence-corrected chi connectivity index (χ2v) is 7.86. The van der Waals surface area contributed by atoms with E-state index in [2.05, 4.69) is 4.98 Å². The topological polar surface area (TPSA) is 62.2 Å². The van der Waals surface area contributed by atoms with E-state index in [1.807, 2.05) is 42.5 Å². The summed E-state index contributed by atoms with van der Waals surface area (Å²) in [5.74, 6) is -0.655. The molecule has 4 rings (SSSR count). The number of aromatic carboxylic acids is 1. The number of hydrogen-bond donors (Lipinski definition) is 0. The van der Waals surface area contributed by atoms with Crippen molar-refractivity contribution in [1.29, 1.82) is 0 Å². The van der Waals surface area contributed by atoms with Gasteiger partial charge in [-0.1, -0.05) is 59.6 Å². The summed E-state index contributed by atoms with van der Waals surface area (Å²) in [4.78, 5) is 15.5. The van der Waals surface area contributed by atoms with Crippen molar-refractivity contribution in [2.24, 2.45) is 0 Å². The highest BCUT2D eigenvalue weighted by Gasteiger charge is 2.23. The molecule has 1 heterocycles. The zero-order valence-corrected chi connectivity index (χ0v) is 17.5. The molecule has 0 bridgehead atoms. The van der Waals surface area contributed by atoms with Gasteiger partial charge in [-0.15, -0.1) is 0 Å². The van der Waals surface area contributed by atoms with E-state index in [1.54, 1.807) is 12.1 Å². The molecular formula is C24H18Cl2NO3-. The van der Waals surface area contributed by atoms with Crippen LogP contribution in [-0.2, 0) is 6.61 Å². The Bertz CT molecular complexity index is 1130. The highest BCUT2D eigenvalue weighted by molar-refractivity contribution is 6.42. The molecule has 0 radical (unpaired) electrons. The lowest BCUT2D eigenvalue weighted by Crippen LogP contribution is -2.23. The van der Waals surface area contributed by atoms with E-state index in [0.717, 1.165) is 41.5 Å². The van der Waals surface area contributed by atoms with Crippen molar-refractivity contribution in [3.63, 3.8) is 0 Å². The molecule has 3 aromatic rings. The Labute approximate surface area is 184 Å². The number of benzene rings is 2. The molecule has 0 spiro atoms. The number of rotatable bonds is 6. The number of hydrogen-bond acceptors (Lipinski definition) is 4. The van der Waals surface area contributed by atoms with Crippen LogP contribution in [-0.4, -0.2) is 11.0 Å². The summed E-state index contributed by atoms with van der Waals surface area (Å²) >= 11 is 12.6. The van der Waals surface area contributed by atoms with Crippen LogP contribution >= 0.6 is 23.2 Å². The highest BCUT2D eigenvalue weighted by Crippen LogP contribution is 2.44. The molecule has 0 atom stereocenters. The normalized spacial score (nSPS) is 13.5. The first-order chi connectivity index (χ1) is 14.5. The fraction of sp³-hybridized carbons (Fsp3) is 0.167. The predicted octanol–water partition coefficient (Wildman–Crippen LogP) is 5.43. The molecule has 152 valence electrons. The number of carboxylic acids is 1. The van der Waals surface area contributed by atoms with E-state index < -0.39 is 5.97 Å². The van der Waals surface area contributed by atoms with E-state index in [4.69, 9.17) is 27.9 Å². The van der Waals surface area contributed by atoms with Crippen molar-refractivity contribution in [1.82, 2.24) is 4.98 Å². The molecule has 0 saturated heterocycles. The van der Waals surface area contributed by atoms with Gasteiger partial charge in [0.2, 0.25) is 0 Å². The number of halogens is 2. The van der Waals surface area contributed by atoms with Gasteiger partial charge in [0.25, 0.3) is 0 Å². The van der Waals surface area contributed by atoms with Gasteiger partial charge < -0.3 is 14.6 Å². The van der Waals surface area contributed by atoms with Crippen molar-refractivity contribution in [2.45, 2.75) is 25.9 Å². The first kappa shape index (κ1) is 20.5. The maximum absolute atomic E-state index is 11.2. The second kappa shape index (κ2) is 8.90. The number of pyridine rings is 1. The van der Waals surface area contributed by atoms with Crippen LogP contribution in [0.1, 0.15) is 46.6 Å². The number of carboxylic acid groups (broad SMARTS) is 1. The average molecular weight is 439 g/mol. The largest absolute Gasteiger partial charge is 0.543 e. The standard InChI is InChI=1S/C24H19Cl2NO3/c25-19-12-18(23(13-20(19)26)30-14-15-6-2-1-3-7-15)16-8-4-9-17(16)21-10-5-11-22(27-21)24(28)29/h1-3,5-7,10-13H,4,8-9,14H2,(H,28,29)/p-1. The molecule has 30 heavy (non-hydrogen) atoms. The molecule has 0 amide bonds. The number of nitrogens with zero attached hydrogens (tertiary/aromatic N) is 1. The smallest absolute Gasteiger partial charge is 0.128 e. The minimum Gasteiger partial charge on any atom is -0.543 e. The van der Waals surface area contributed by atoms with Gasteiger partial charge in [0.15, 0.2) is 0 Å². The van der Waals surface area contributed by atoms with Crippen LogP contribution in [0, 0.1) is 0 Å². The first-order valence-corrected chi connectivity index (χ1v) is 10.4. The molecule has 0 aliphatic heterocycles. The third-order valence-electron chi connectivity index (χ3n) is 5.07. The van der Waals surface area contributed by atoms with Crippen LogP contribution in [0.25, 0.3) is 11.1 Å². The second-order valence-electron chi connectivity index (χ2n) is 7.04. The van der Waals surface area contributed by atoms with E-state index >= 15 is 0 Å². The molecule has 1 aromatic heterocycles. The maximum Gasteiger partial charge on any atom is 0.128 e. The van der Waals surface area contributed by atoms with Crippen LogP contribution in [0.3, 0.4) is 0 Å². The Morgan fingerprint density at radius 2 is 1.70 bits per heavy atom. The van der Waals surface area contributed by atoms with Gasteiger partial charge in [0, 0.05) is 11.6 Å². The summed E-state index contributed by atoms with van der Waals surface area (Å²) in [6.45, 7) is 0.396. The van der Waals surface area contributed by atoms with Gasteiger partial charge in [-0.2, -0.15) is 0 Å². The minimum absolute atomic E-state index is 0.0825. The Kier molecular flexibility index (Phi) is 6.07. The molecule has 0 fully saturated rings. The Morgan fingerprint density at radius 3 is 2.47 bits per heavy atom. The zero-order valence-electron chi connectivity index (χ0n) is 16.0. The third-order valence-corrected chi connectivity index (χ3v) is 5.79. The fourth-order valence-corrected chi connectivity index (χ4v) is 3.98. The van der Waals surface area contributed by atoms with Gasteiger partial charge in [-0.25, -0.2) is 4.98 Å². The van der Waals surface area contributed by atoms with E-state index in [1.165, 1.54) is 6.07 Å². The molecular weight excluding hydrogens is 421 g/mol. The minimum atomic E-state index is -1.29. The van der Waals surface area contributed by atoms with Crippen molar-refractivity contribution >= 4 is 40.3 Å². The summed E-state index contributed by atoms with van der Waals surface area (Å²) < 4.78 is 6.12. The quantitative estimate of drug-likeness (QED) is 0.514. The summed E-state index contributed by atoms with van der Waals surface area (Å²) in [6.07, 6.45) is 2.53. The Balaban J connectivity index is 1.76. The van der Waals surface area contributed by atoms with E-state index in [9.17, 15) is 9.90 Å². The predicted molar refractivity (Wildman–Crippen MR) is 116 cm³/mol. The number of carbonyl (C=O) groups excluding carboxylic acids is 1. The van der Waals surface area contributed by atoms with E-state index in [-0.39, 0.29) is 5.69 Å². The summed E-state index contributed by atoms with van der Waals surface area (Å²) in [5.41, 5.74) is 4.47. The summed E-state index contributed by atoms with van der Waals surface area (Å²) in [6, 6.07) is 18.3. The van der Waals surface area contributed by atoms with Gasteiger partial charge in [-0.3, -0.25) is 0 Å². The molecule has 0 saturated carbocycles. The Morgan fingerprint density at radius 1 is 0.967 bits per heavy atom. The van der Waals surface area contributed by atoms with Crippen LogP contribution in [0.4, 0.5) is 0 Å². The lowest BCUT2D eigenvalue weighted by atomic mass is 9.98. The van der Waals surface area contributed by atoms with Crippen LogP contribution in [0.5, 0.6) is 5.75 Å². The van der Waals surface area contributed by atoms with Crippen molar-refractivity contribution < 1.29 is 14.6 Å². The molecule has 1 aliphatic rings. The van der Waals surface area contributed by atoms with Crippen molar-refractivity contribution in [2.75, 3.05) is 0 Å². The molecule has 6 heteroatoms. The number of carbonyl (C=O) groups is 1. The van der Waals surface area contributed by atoms with Crippen LogP contribution in [0.15, 0.2) is 60.7 Å². The highest BCUT2D eigenvalue weighted by atomic mass is 35.5. The molecule has 0 unspecified atom stereocenters. The fourth-order valence-electron chi connectivity index (χ4n) is 3.66. The molecule has 0 N–H and O–H groups in total. The van der Waals surface area contributed by atoms with Crippen molar-refractivity contribution in [3.8, 4) is 5.75 Å². The zero-order chi connectivity index (χ0) is 21.1. The summed E-state index contributed by atoms with van der Waals surface area (Å²) in [7, 11) is 0. The molecule has 1 aliphatic carbocycles. The van der Waals surface area contributed by atoms with Gasteiger partial charge in [0.05, 0.1) is 27.4 Å².